The van der Waals surface area contributed by atoms with Crippen LogP contribution in [0.2, 0.25) is 0 Å². The fourth-order valence-electron chi connectivity index (χ4n) is 1.47. The quantitative estimate of drug-likeness (QED) is 0.527. The Morgan fingerprint density at radius 2 is 1.31 bits per heavy atom. The zero-order chi connectivity index (χ0) is 9.82. The second kappa shape index (κ2) is 18.4. The molecule has 3 heteroatoms. The fraction of sp³-hybridized carbons (Fsp3) is 0.900. The van der Waals surface area contributed by atoms with Gasteiger partial charge < -0.3 is 16.6 Å². The molecule has 2 N–H and O–H groups in total. The molecular formula is C10H23O2Ti-. The first kappa shape index (κ1) is 19.2. The van der Waals surface area contributed by atoms with Gasteiger partial charge in [-0.1, -0.05) is 32.1 Å². The Hall–Kier alpha value is 0.634. The summed E-state index contributed by atoms with van der Waals surface area (Å²) in [5.41, 5.74) is 0. The third-order valence-electron chi connectivity index (χ3n) is 2.12. The second-order valence-electron chi connectivity index (χ2n) is 2.73. The van der Waals surface area contributed by atoms with E-state index in [-0.39, 0.29) is 21.7 Å². The molecule has 0 spiro atoms. The molecule has 0 amide bonds. The summed E-state index contributed by atoms with van der Waals surface area (Å²) in [6.45, 7) is 2.19. The molecule has 0 aromatic rings. The molecule has 0 aromatic heterocycles. The first-order valence-corrected chi connectivity index (χ1v) is 4.62. The summed E-state index contributed by atoms with van der Waals surface area (Å²) in [5, 5.41) is 14.0. The number of hydrogen-bond donors (Lipinski definition) is 2. The third-order valence-corrected chi connectivity index (χ3v) is 2.12. The molecule has 0 saturated heterocycles. The van der Waals surface area contributed by atoms with Crippen molar-refractivity contribution in [3.8, 4) is 0 Å². The molecule has 0 heterocycles. The normalized spacial score (nSPS) is 15.5. The van der Waals surface area contributed by atoms with Crippen molar-refractivity contribution in [2.45, 2.75) is 39.0 Å². The standard InChI is InChI=1S/C8H15.2CH4O.Ti/c1-2-8-6-4-3-5-7-8;2*1-2;/h2,8H,3-7H2,1H3;2*2H,1H3;/q-1;;;. The summed E-state index contributed by atoms with van der Waals surface area (Å²) in [7, 11) is 2.00. The minimum absolute atomic E-state index is 0. The smallest absolute Gasteiger partial charge is 0.0319 e. The largest absolute Gasteiger partial charge is 0.400 e. The van der Waals surface area contributed by atoms with Crippen molar-refractivity contribution < 1.29 is 31.9 Å². The first-order chi connectivity index (χ1) is 5.93. The van der Waals surface area contributed by atoms with Crippen molar-refractivity contribution in [2.75, 3.05) is 14.2 Å². The van der Waals surface area contributed by atoms with Gasteiger partial charge in [-0.2, -0.15) is 12.8 Å². The average Bonchev–Trinajstić information content (AvgIpc) is 2.25. The molecule has 80 valence electrons. The van der Waals surface area contributed by atoms with Gasteiger partial charge in [0.1, 0.15) is 0 Å². The summed E-state index contributed by atoms with van der Waals surface area (Å²) in [6, 6.07) is 0. The van der Waals surface area contributed by atoms with Crippen LogP contribution in [0.3, 0.4) is 0 Å². The summed E-state index contributed by atoms with van der Waals surface area (Å²) < 4.78 is 0. The molecule has 1 rings (SSSR count). The molecule has 13 heavy (non-hydrogen) atoms. The van der Waals surface area contributed by atoms with Crippen molar-refractivity contribution in [1.29, 1.82) is 0 Å². The van der Waals surface area contributed by atoms with Gasteiger partial charge in [-0.25, -0.2) is 0 Å². The molecule has 1 aliphatic carbocycles. The van der Waals surface area contributed by atoms with E-state index in [1.165, 1.54) is 32.1 Å². The van der Waals surface area contributed by atoms with Gasteiger partial charge >= 0.3 is 0 Å². The van der Waals surface area contributed by atoms with E-state index < -0.39 is 0 Å². The van der Waals surface area contributed by atoms with Crippen molar-refractivity contribution in [2.24, 2.45) is 5.92 Å². The van der Waals surface area contributed by atoms with Gasteiger partial charge in [-0.3, -0.25) is 0 Å². The summed E-state index contributed by atoms with van der Waals surface area (Å²) in [5.74, 6) is 0.962. The van der Waals surface area contributed by atoms with Crippen LogP contribution < -0.4 is 0 Å². The Morgan fingerprint density at radius 1 is 0.923 bits per heavy atom. The average molecular weight is 223 g/mol. The van der Waals surface area contributed by atoms with E-state index in [0.29, 0.717) is 0 Å². The number of aliphatic hydroxyl groups is 2. The van der Waals surface area contributed by atoms with Gasteiger partial charge in [-0.05, 0) is 0 Å². The van der Waals surface area contributed by atoms with E-state index in [9.17, 15) is 0 Å². The number of aliphatic hydroxyl groups excluding tert-OH is 2. The molecule has 1 fully saturated rings. The third kappa shape index (κ3) is 12.6. The van der Waals surface area contributed by atoms with Crippen molar-refractivity contribution in [3.63, 3.8) is 0 Å². The first-order valence-electron chi connectivity index (χ1n) is 4.62. The molecule has 0 bridgehead atoms. The van der Waals surface area contributed by atoms with Crippen LogP contribution in [-0.4, -0.2) is 24.4 Å². The van der Waals surface area contributed by atoms with E-state index >= 15 is 0 Å². The zero-order valence-electron chi connectivity index (χ0n) is 9.08. The topological polar surface area (TPSA) is 40.5 Å². The number of hydrogen-bond acceptors (Lipinski definition) is 2. The predicted molar refractivity (Wildman–Crippen MR) is 52.8 cm³/mol. The number of rotatable bonds is 1. The van der Waals surface area contributed by atoms with Gasteiger partial charge in [0.15, 0.2) is 0 Å². The van der Waals surface area contributed by atoms with Gasteiger partial charge in [0.25, 0.3) is 0 Å². The van der Waals surface area contributed by atoms with Crippen molar-refractivity contribution in [1.82, 2.24) is 0 Å². The van der Waals surface area contributed by atoms with Crippen LogP contribution in [-0.2, 0) is 21.7 Å². The van der Waals surface area contributed by atoms with E-state index in [4.69, 9.17) is 10.2 Å². The Bertz CT molecular complexity index is 63.9. The minimum atomic E-state index is 0. The minimum Gasteiger partial charge on any atom is -0.400 e. The molecule has 2 nitrogen and oxygen atoms in total. The molecule has 0 radical (unpaired) electrons. The van der Waals surface area contributed by atoms with Crippen LogP contribution in [0.4, 0.5) is 0 Å². The predicted octanol–water partition coefficient (Wildman–Crippen LogP) is 2.01. The summed E-state index contributed by atoms with van der Waals surface area (Å²) in [6.07, 6.45) is 9.68. The Labute approximate surface area is 97.6 Å². The molecule has 0 aliphatic heterocycles. The van der Waals surface area contributed by atoms with Gasteiger partial charge in [0.05, 0.1) is 0 Å². The van der Waals surface area contributed by atoms with E-state index in [0.717, 1.165) is 20.1 Å². The van der Waals surface area contributed by atoms with Crippen molar-refractivity contribution >= 4 is 0 Å². The van der Waals surface area contributed by atoms with Crippen LogP contribution in [0.25, 0.3) is 0 Å². The van der Waals surface area contributed by atoms with Crippen LogP contribution >= 0.6 is 0 Å². The SMILES string of the molecule is CO.CO.C[CH-]C1CCCCC1.[Ti]. The maximum absolute atomic E-state index is 7.00. The Balaban J connectivity index is -0.000000178. The maximum atomic E-state index is 7.00. The van der Waals surface area contributed by atoms with Crippen LogP contribution in [0.15, 0.2) is 0 Å². The van der Waals surface area contributed by atoms with E-state index in [2.05, 4.69) is 13.3 Å². The van der Waals surface area contributed by atoms with E-state index in [1.54, 1.807) is 0 Å². The summed E-state index contributed by atoms with van der Waals surface area (Å²) >= 11 is 0. The van der Waals surface area contributed by atoms with Crippen LogP contribution in [0.5, 0.6) is 0 Å². The maximum Gasteiger partial charge on any atom is 0.0319 e. The molecule has 0 aromatic carbocycles. The monoisotopic (exact) mass is 223 g/mol. The summed E-state index contributed by atoms with van der Waals surface area (Å²) in [4.78, 5) is 0. The van der Waals surface area contributed by atoms with E-state index in [1.807, 2.05) is 0 Å². The van der Waals surface area contributed by atoms with Crippen LogP contribution in [0.1, 0.15) is 39.0 Å². The molecule has 1 aliphatic rings. The van der Waals surface area contributed by atoms with Crippen LogP contribution in [0, 0.1) is 12.3 Å². The Kier molecular flexibility index (Phi) is 27.3. The second-order valence-corrected chi connectivity index (χ2v) is 2.73. The molecular weight excluding hydrogens is 200 g/mol. The Morgan fingerprint density at radius 3 is 1.54 bits per heavy atom. The molecule has 0 atom stereocenters. The molecule has 1 saturated carbocycles. The van der Waals surface area contributed by atoms with Gasteiger partial charge in [0.2, 0.25) is 0 Å². The van der Waals surface area contributed by atoms with Gasteiger partial charge in [0, 0.05) is 35.9 Å². The fourth-order valence-corrected chi connectivity index (χ4v) is 1.47. The van der Waals surface area contributed by atoms with Crippen molar-refractivity contribution in [3.05, 3.63) is 6.42 Å². The van der Waals surface area contributed by atoms with Gasteiger partial charge in [-0.15, -0.1) is 0 Å². The zero-order valence-corrected chi connectivity index (χ0v) is 10.6. The molecule has 0 unspecified atom stereocenters.